The molecule has 0 bridgehead atoms. The molecule has 2 aromatic rings. The highest BCUT2D eigenvalue weighted by molar-refractivity contribution is 6.36. The molecule has 0 radical (unpaired) electrons. The summed E-state index contributed by atoms with van der Waals surface area (Å²) in [4.78, 5) is 40.0. The quantitative estimate of drug-likeness (QED) is 0.266. The highest BCUT2D eigenvalue weighted by Gasteiger charge is 2.40. The summed E-state index contributed by atoms with van der Waals surface area (Å²) in [6, 6.07) is 15.1. The van der Waals surface area contributed by atoms with Crippen molar-refractivity contribution in [3.63, 3.8) is 0 Å². The molecule has 3 rings (SSSR count). The van der Waals surface area contributed by atoms with Gasteiger partial charge >= 0.3 is 0 Å². The monoisotopic (exact) mass is 407 g/mol. The predicted molar refractivity (Wildman–Crippen MR) is 116 cm³/mol. The maximum absolute atomic E-state index is 13.3. The fourth-order valence-electron chi connectivity index (χ4n) is 3.56. The Morgan fingerprint density at radius 3 is 2.20 bits per heavy atom. The summed E-state index contributed by atoms with van der Waals surface area (Å²) in [5.41, 5.74) is 1.77. The third kappa shape index (κ3) is 4.25. The highest BCUT2D eigenvalue weighted by atomic mass is 16.6. The molecule has 30 heavy (non-hydrogen) atoms. The number of hydrogen-bond acceptors (Lipinski definition) is 5. The lowest BCUT2D eigenvalue weighted by Gasteiger charge is -2.21. The number of nitro benzene ring substituents is 1. The molecule has 1 heterocycles. The minimum Gasteiger partial charge on any atom is -0.339 e. The zero-order valence-corrected chi connectivity index (χ0v) is 17.2. The predicted octanol–water partition coefficient (Wildman–Crippen LogP) is 4.39. The molecule has 1 aliphatic rings. The van der Waals surface area contributed by atoms with E-state index in [9.17, 15) is 19.7 Å². The van der Waals surface area contributed by atoms with Crippen LogP contribution in [-0.2, 0) is 9.59 Å². The first kappa shape index (κ1) is 21.2. The molecular weight excluding hydrogens is 382 g/mol. The third-order valence-electron chi connectivity index (χ3n) is 5.22. The van der Waals surface area contributed by atoms with Gasteiger partial charge in [-0.25, -0.2) is 0 Å². The number of carbonyl (C=O) groups is 2. The number of para-hydroxylation sites is 1. The van der Waals surface area contributed by atoms with Crippen molar-refractivity contribution in [3.8, 4) is 0 Å². The van der Waals surface area contributed by atoms with Crippen molar-refractivity contribution in [1.82, 2.24) is 4.90 Å². The summed E-state index contributed by atoms with van der Waals surface area (Å²) in [5, 5.41) is 11.0. The van der Waals surface area contributed by atoms with Crippen LogP contribution in [0.15, 0.2) is 60.3 Å². The lowest BCUT2D eigenvalue weighted by atomic mass is 10.0. The van der Waals surface area contributed by atoms with Crippen molar-refractivity contribution in [2.75, 3.05) is 18.5 Å². The molecule has 0 atom stereocenters. The van der Waals surface area contributed by atoms with Crippen LogP contribution in [0.5, 0.6) is 0 Å². The second kappa shape index (κ2) is 9.35. The fraction of sp³-hybridized carbons (Fsp3) is 0.304. The number of imide groups is 1. The number of hydrogen-bond donors (Lipinski definition) is 0. The van der Waals surface area contributed by atoms with Crippen molar-refractivity contribution in [2.45, 2.75) is 32.6 Å². The maximum Gasteiger partial charge on any atom is 0.278 e. The van der Waals surface area contributed by atoms with Gasteiger partial charge in [-0.2, -0.15) is 0 Å². The molecule has 2 aromatic carbocycles. The van der Waals surface area contributed by atoms with Gasteiger partial charge in [0.25, 0.3) is 17.5 Å². The first-order valence-electron chi connectivity index (χ1n) is 10.1. The van der Waals surface area contributed by atoms with Gasteiger partial charge < -0.3 is 4.90 Å². The van der Waals surface area contributed by atoms with E-state index in [0.717, 1.165) is 31.4 Å². The van der Waals surface area contributed by atoms with Gasteiger partial charge in [-0.15, -0.1) is 0 Å². The molecule has 0 saturated heterocycles. The number of carbonyl (C=O) groups excluding carboxylic acids is 2. The number of amides is 2. The van der Waals surface area contributed by atoms with Gasteiger partial charge in [-0.05, 0) is 36.2 Å². The van der Waals surface area contributed by atoms with Gasteiger partial charge in [0.05, 0.1) is 10.5 Å². The minimum absolute atomic E-state index is 0.0643. The molecule has 0 saturated carbocycles. The van der Waals surface area contributed by atoms with Crippen LogP contribution in [0, 0.1) is 10.1 Å². The van der Waals surface area contributed by atoms with E-state index >= 15 is 0 Å². The molecule has 7 nitrogen and oxygen atoms in total. The molecule has 0 spiro atoms. The van der Waals surface area contributed by atoms with Crippen molar-refractivity contribution >= 4 is 28.8 Å². The molecule has 7 heteroatoms. The van der Waals surface area contributed by atoms with Crippen LogP contribution in [0.4, 0.5) is 11.4 Å². The Balaban J connectivity index is 2.00. The van der Waals surface area contributed by atoms with E-state index in [4.69, 9.17) is 0 Å². The van der Waals surface area contributed by atoms with Gasteiger partial charge in [0.2, 0.25) is 0 Å². The zero-order chi connectivity index (χ0) is 21.7. The van der Waals surface area contributed by atoms with E-state index in [-0.39, 0.29) is 28.8 Å². The Morgan fingerprint density at radius 2 is 1.60 bits per heavy atom. The number of non-ortho nitro benzene ring substituents is 1. The summed E-state index contributed by atoms with van der Waals surface area (Å²) in [6.45, 7) is 2.47. The van der Waals surface area contributed by atoms with Crippen molar-refractivity contribution < 1.29 is 14.5 Å². The topological polar surface area (TPSA) is 83.8 Å². The summed E-state index contributed by atoms with van der Waals surface area (Å²) >= 11 is 0. The van der Waals surface area contributed by atoms with Crippen molar-refractivity contribution in [2.24, 2.45) is 0 Å². The Kier molecular flexibility index (Phi) is 6.61. The largest absolute Gasteiger partial charge is 0.339 e. The number of rotatable bonds is 9. The molecule has 1 aliphatic heterocycles. The minimum atomic E-state index is -0.489. The number of nitro groups is 1. The fourth-order valence-corrected chi connectivity index (χ4v) is 3.56. The van der Waals surface area contributed by atoms with E-state index in [0.29, 0.717) is 12.1 Å². The van der Waals surface area contributed by atoms with Crippen molar-refractivity contribution in [1.29, 1.82) is 0 Å². The van der Waals surface area contributed by atoms with E-state index in [1.165, 1.54) is 29.2 Å². The first-order chi connectivity index (χ1) is 14.5. The average Bonchev–Trinajstić information content (AvgIpc) is 3.01. The summed E-state index contributed by atoms with van der Waals surface area (Å²) < 4.78 is 0. The molecule has 2 amide bonds. The van der Waals surface area contributed by atoms with Gasteiger partial charge in [0.1, 0.15) is 5.70 Å². The van der Waals surface area contributed by atoms with E-state index in [1.807, 2.05) is 30.3 Å². The molecule has 0 aliphatic carbocycles. The Bertz CT molecular complexity index is 968. The SMILES string of the molecule is CCCCCCN1C(=O)C(c2ccc([N+](=O)[O-])cc2)=C(N(C)c2ccccc2)C1=O. The smallest absolute Gasteiger partial charge is 0.278 e. The number of likely N-dealkylation sites (N-methyl/N-ethyl adjacent to an activating group) is 1. The third-order valence-corrected chi connectivity index (χ3v) is 5.22. The highest BCUT2D eigenvalue weighted by Crippen LogP contribution is 2.34. The van der Waals surface area contributed by atoms with Crippen LogP contribution in [-0.4, -0.2) is 35.2 Å². The van der Waals surface area contributed by atoms with E-state index in [1.54, 1.807) is 11.9 Å². The lowest BCUT2D eigenvalue weighted by molar-refractivity contribution is -0.384. The van der Waals surface area contributed by atoms with Gasteiger partial charge in [-0.3, -0.25) is 24.6 Å². The average molecular weight is 407 g/mol. The lowest BCUT2D eigenvalue weighted by Crippen LogP contribution is -2.35. The Hall–Kier alpha value is -3.48. The van der Waals surface area contributed by atoms with E-state index < -0.39 is 4.92 Å². The normalized spacial score (nSPS) is 13.9. The van der Waals surface area contributed by atoms with Crippen LogP contribution in [0.1, 0.15) is 38.2 Å². The van der Waals surface area contributed by atoms with Crippen LogP contribution in [0.3, 0.4) is 0 Å². The van der Waals surface area contributed by atoms with Crippen LogP contribution in [0.25, 0.3) is 5.57 Å². The number of nitrogens with zero attached hydrogens (tertiary/aromatic N) is 3. The molecule has 0 aromatic heterocycles. The summed E-state index contributed by atoms with van der Waals surface area (Å²) in [5.74, 6) is -0.695. The van der Waals surface area contributed by atoms with Crippen LogP contribution in [0.2, 0.25) is 0 Å². The first-order valence-corrected chi connectivity index (χ1v) is 10.1. The van der Waals surface area contributed by atoms with E-state index in [2.05, 4.69) is 6.92 Å². The van der Waals surface area contributed by atoms with Crippen molar-refractivity contribution in [3.05, 3.63) is 76.0 Å². The number of anilines is 1. The molecular formula is C23H25N3O4. The molecule has 0 unspecified atom stereocenters. The number of unbranched alkanes of at least 4 members (excludes halogenated alkanes) is 3. The second-order valence-corrected chi connectivity index (χ2v) is 7.24. The number of benzene rings is 2. The maximum atomic E-state index is 13.3. The molecule has 156 valence electrons. The molecule has 0 fully saturated rings. The Morgan fingerprint density at radius 1 is 0.933 bits per heavy atom. The van der Waals surface area contributed by atoms with Gasteiger partial charge in [0.15, 0.2) is 0 Å². The Labute approximate surface area is 175 Å². The van der Waals surface area contributed by atoms with Gasteiger partial charge in [0, 0.05) is 31.4 Å². The standard InChI is InChI=1S/C23H25N3O4/c1-3-4-5-9-16-25-22(27)20(17-12-14-19(15-13-17)26(29)30)21(23(25)28)24(2)18-10-7-6-8-11-18/h6-8,10-15H,3-5,9,16H2,1-2H3. The van der Waals surface area contributed by atoms with Gasteiger partial charge in [-0.1, -0.05) is 44.4 Å². The van der Waals surface area contributed by atoms with Crippen LogP contribution < -0.4 is 4.90 Å². The summed E-state index contributed by atoms with van der Waals surface area (Å²) in [7, 11) is 1.75. The summed E-state index contributed by atoms with van der Waals surface area (Å²) in [6.07, 6.45) is 3.82. The molecule has 0 N–H and O–H groups in total. The zero-order valence-electron chi connectivity index (χ0n) is 17.2. The second-order valence-electron chi connectivity index (χ2n) is 7.24. The van der Waals surface area contributed by atoms with Crippen LogP contribution >= 0.6 is 0 Å².